The van der Waals surface area contributed by atoms with Crippen LogP contribution in [-0.2, 0) is 0 Å². The molecular weight excluding hydrogens is 745 g/mol. The number of allylic oxidation sites excluding steroid dienone is 1. The summed E-state index contributed by atoms with van der Waals surface area (Å²) in [6, 6.07) is 69.3. The van der Waals surface area contributed by atoms with Gasteiger partial charge in [-0.3, -0.25) is 0 Å². The van der Waals surface area contributed by atoms with Gasteiger partial charge in [-0.05, 0) is 119 Å². The first kappa shape index (κ1) is 35.2. The van der Waals surface area contributed by atoms with Crippen LogP contribution in [0.1, 0.15) is 30.6 Å². The molecule has 2 aromatic heterocycles. The van der Waals surface area contributed by atoms with Crippen LogP contribution >= 0.6 is 0 Å². The molecule has 1 aliphatic rings. The van der Waals surface area contributed by atoms with Crippen LogP contribution in [0.25, 0.3) is 71.7 Å². The fourth-order valence-corrected chi connectivity index (χ4v) is 9.66. The van der Waals surface area contributed by atoms with Gasteiger partial charge in [0.15, 0.2) is 0 Å². The number of benzene rings is 9. The molecule has 61 heavy (non-hydrogen) atoms. The summed E-state index contributed by atoms with van der Waals surface area (Å²) in [5.41, 5.74) is 12.7. The van der Waals surface area contributed by atoms with Crippen molar-refractivity contribution >= 4 is 94.7 Å². The summed E-state index contributed by atoms with van der Waals surface area (Å²) >= 11 is 0. The first-order valence-electron chi connectivity index (χ1n) is 21.1. The van der Waals surface area contributed by atoms with Gasteiger partial charge in [-0.15, -0.1) is 0 Å². The molecular formula is C57H40N2O2. The zero-order valence-electron chi connectivity index (χ0n) is 33.6. The second kappa shape index (κ2) is 14.2. The van der Waals surface area contributed by atoms with Gasteiger partial charge in [-0.25, -0.2) is 0 Å². The highest BCUT2D eigenvalue weighted by Crippen LogP contribution is 2.47. The van der Waals surface area contributed by atoms with E-state index in [1.54, 1.807) is 0 Å². The van der Waals surface area contributed by atoms with Crippen molar-refractivity contribution in [1.29, 1.82) is 0 Å². The second-order valence-corrected chi connectivity index (χ2v) is 16.1. The average Bonchev–Trinajstić information content (AvgIpc) is 3.90. The highest BCUT2D eigenvalue weighted by molar-refractivity contribution is 6.30. The largest absolute Gasteiger partial charge is 0.456 e. The smallest absolute Gasteiger partial charge is 0.143 e. The topological polar surface area (TPSA) is 32.8 Å². The molecule has 0 saturated carbocycles. The number of rotatable bonds is 7. The van der Waals surface area contributed by atoms with Crippen molar-refractivity contribution in [3.05, 3.63) is 212 Å². The zero-order chi connectivity index (χ0) is 40.4. The molecule has 12 rings (SSSR count). The van der Waals surface area contributed by atoms with Crippen LogP contribution in [0.5, 0.6) is 0 Å². The molecule has 0 N–H and O–H groups in total. The number of nitrogens with zero attached hydrogens (tertiary/aromatic N) is 2. The van der Waals surface area contributed by atoms with Crippen LogP contribution in [0.15, 0.2) is 209 Å². The SMILES string of the molecule is CC1CC=Cc2oc3ccc(N(c4ccccc4)c4ccc5c(c4)c4ccccc4c4c6ccc(N(c7ccccc7)c7ccccc7-c7ccccc7)cc6oc54)cc3c21. The summed E-state index contributed by atoms with van der Waals surface area (Å²) in [7, 11) is 0. The van der Waals surface area contributed by atoms with Crippen molar-refractivity contribution in [3.8, 4) is 11.1 Å². The Morgan fingerprint density at radius 3 is 1.82 bits per heavy atom. The monoisotopic (exact) mass is 784 g/mol. The summed E-state index contributed by atoms with van der Waals surface area (Å²) < 4.78 is 13.4. The van der Waals surface area contributed by atoms with Gasteiger partial charge >= 0.3 is 0 Å². The number of furan rings is 2. The molecule has 4 heteroatoms. The Morgan fingerprint density at radius 2 is 1.05 bits per heavy atom. The predicted octanol–water partition coefficient (Wildman–Crippen LogP) is 16.8. The molecule has 2 heterocycles. The van der Waals surface area contributed by atoms with Crippen molar-refractivity contribution < 1.29 is 8.83 Å². The van der Waals surface area contributed by atoms with Crippen LogP contribution < -0.4 is 9.80 Å². The van der Waals surface area contributed by atoms with Gasteiger partial charge < -0.3 is 18.6 Å². The van der Waals surface area contributed by atoms with Crippen LogP contribution in [0.2, 0.25) is 0 Å². The maximum atomic E-state index is 7.07. The molecule has 290 valence electrons. The number of hydrogen-bond donors (Lipinski definition) is 0. The second-order valence-electron chi connectivity index (χ2n) is 16.1. The van der Waals surface area contributed by atoms with Gasteiger partial charge in [0.25, 0.3) is 0 Å². The van der Waals surface area contributed by atoms with E-state index >= 15 is 0 Å². The molecule has 0 radical (unpaired) electrons. The minimum Gasteiger partial charge on any atom is -0.456 e. The molecule has 11 aromatic rings. The highest BCUT2D eigenvalue weighted by Gasteiger charge is 2.24. The number of para-hydroxylation sites is 3. The number of fused-ring (bicyclic) bond motifs is 11. The van der Waals surface area contributed by atoms with Crippen LogP contribution in [0.3, 0.4) is 0 Å². The molecule has 0 amide bonds. The Bertz CT molecular complexity index is 3470. The van der Waals surface area contributed by atoms with E-state index in [0.717, 1.165) is 90.2 Å². The van der Waals surface area contributed by atoms with Crippen molar-refractivity contribution in [2.45, 2.75) is 19.3 Å². The number of hydrogen-bond acceptors (Lipinski definition) is 4. The summed E-state index contributed by atoms with van der Waals surface area (Å²) in [6.07, 6.45) is 5.36. The van der Waals surface area contributed by atoms with Gasteiger partial charge in [0.05, 0.1) is 5.69 Å². The minimum absolute atomic E-state index is 0.391. The summed E-state index contributed by atoms with van der Waals surface area (Å²) in [4.78, 5) is 4.70. The lowest BCUT2D eigenvalue weighted by atomic mass is 9.91. The Morgan fingerprint density at radius 1 is 0.443 bits per heavy atom. The molecule has 1 atom stereocenters. The summed E-state index contributed by atoms with van der Waals surface area (Å²) in [5.74, 6) is 1.36. The third-order valence-corrected chi connectivity index (χ3v) is 12.4. The summed E-state index contributed by atoms with van der Waals surface area (Å²) in [6.45, 7) is 2.29. The van der Waals surface area contributed by atoms with Gasteiger partial charge in [0, 0.05) is 67.2 Å². The Labute approximate surface area is 353 Å². The fourth-order valence-electron chi connectivity index (χ4n) is 9.66. The Balaban J connectivity index is 1.05. The van der Waals surface area contributed by atoms with E-state index in [1.165, 1.54) is 27.3 Å². The molecule has 1 aliphatic carbocycles. The first-order valence-corrected chi connectivity index (χ1v) is 21.1. The first-order chi connectivity index (χ1) is 30.2. The van der Waals surface area contributed by atoms with Crippen molar-refractivity contribution in [1.82, 2.24) is 0 Å². The lowest BCUT2D eigenvalue weighted by molar-refractivity contribution is 0.586. The Kier molecular flexibility index (Phi) is 8.17. The van der Waals surface area contributed by atoms with E-state index in [0.29, 0.717) is 5.92 Å². The van der Waals surface area contributed by atoms with Crippen molar-refractivity contribution in [2.24, 2.45) is 0 Å². The maximum absolute atomic E-state index is 7.07. The number of anilines is 6. The molecule has 0 aliphatic heterocycles. The van der Waals surface area contributed by atoms with Crippen LogP contribution in [-0.4, -0.2) is 0 Å². The predicted molar refractivity (Wildman–Crippen MR) is 255 cm³/mol. The zero-order valence-corrected chi connectivity index (χ0v) is 33.6. The average molecular weight is 785 g/mol. The lowest BCUT2D eigenvalue weighted by Gasteiger charge is -2.27. The Hall–Kier alpha value is -7.82. The molecule has 9 aromatic carbocycles. The lowest BCUT2D eigenvalue weighted by Crippen LogP contribution is -2.11. The third-order valence-electron chi connectivity index (χ3n) is 12.4. The van der Waals surface area contributed by atoms with Crippen molar-refractivity contribution in [3.63, 3.8) is 0 Å². The van der Waals surface area contributed by atoms with E-state index in [9.17, 15) is 0 Å². The molecule has 0 fully saturated rings. The highest BCUT2D eigenvalue weighted by atomic mass is 16.3. The van der Waals surface area contributed by atoms with E-state index in [1.807, 2.05) is 0 Å². The molecule has 0 bridgehead atoms. The third kappa shape index (κ3) is 5.75. The van der Waals surface area contributed by atoms with E-state index < -0.39 is 0 Å². The maximum Gasteiger partial charge on any atom is 0.143 e. The molecule has 4 nitrogen and oxygen atoms in total. The quantitative estimate of drug-likeness (QED) is 0.151. The van der Waals surface area contributed by atoms with Gasteiger partial charge in [0.1, 0.15) is 22.5 Å². The van der Waals surface area contributed by atoms with E-state index in [2.05, 4.69) is 223 Å². The molecule has 1 unspecified atom stereocenters. The molecule has 0 spiro atoms. The van der Waals surface area contributed by atoms with Crippen LogP contribution in [0.4, 0.5) is 34.1 Å². The standard InChI is InChI=1S/C57H40N2O2/c1-37-16-15-27-53-55(37)50-35-42(30-33-52(50)60-53)58(39-19-7-3-8-20-39)41-28-31-47-49(34-41)45-24-11-12-25-46(45)56-48-32-29-43(36-54(48)61-57(47)56)59(40-21-9-4-10-22-40)51-26-14-13-23-44(51)38-17-5-2-6-18-38/h2-15,17-37H,16H2,1H3. The van der Waals surface area contributed by atoms with Crippen LogP contribution in [0, 0.1) is 0 Å². The van der Waals surface area contributed by atoms with Gasteiger partial charge in [-0.2, -0.15) is 0 Å². The van der Waals surface area contributed by atoms with E-state index in [4.69, 9.17) is 8.83 Å². The minimum atomic E-state index is 0.391. The van der Waals surface area contributed by atoms with Gasteiger partial charge in [-0.1, -0.05) is 122 Å². The van der Waals surface area contributed by atoms with Gasteiger partial charge in [0.2, 0.25) is 0 Å². The summed E-state index contributed by atoms with van der Waals surface area (Å²) in [5, 5.41) is 7.98. The fraction of sp³-hybridized carbons (Fsp3) is 0.0526. The van der Waals surface area contributed by atoms with Crippen molar-refractivity contribution in [2.75, 3.05) is 9.80 Å². The normalized spacial score (nSPS) is 13.7. The van der Waals surface area contributed by atoms with E-state index in [-0.39, 0.29) is 0 Å². The molecule has 0 saturated heterocycles.